The standard InChI is InChI=1S/C12H26N2O/c1-10(2)5-6-14(3)12(9-13)7-11(8-12)15-4/h10-11H,5-9,13H2,1-4H3. The normalized spacial score (nSPS) is 31.0. The summed E-state index contributed by atoms with van der Waals surface area (Å²) in [6.45, 7) is 6.43. The van der Waals surface area contributed by atoms with Gasteiger partial charge in [-0.3, -0.25) is 4.90 Å². The first-order valence-corrected chi connectivity index (χ1v) is 5.98. The van der Waals surface area contributed by atoms with E-state index in [1.807, 2.05) is 0 Å². The van der Waals surface area contributed by atoms with Crippen LogP contribution in [0.15, 0.2) is 0 Å². The second-order valence-electron chi connectivity index (χ2n) is 5.30. The highest BCUT2D eigenvalue weighted by molar-refractivity contribution is 5.03. The molecule has 1 fully saturated rings. The molecule has 0 aromatic heterocycles. The molecule has 90 valence electrons. The quantitative estimate of drug-likeness (QED) is 0.727. The Kier molecular flexibility index (Phi) is 4.56. The van der Waals surface area contributed by atoms with Crippen molar-refractivity contribution in [2.24, 2.45) is 11.7 Å². The first kappa shape index (κ1) is 12.9. The fourth-order valence-corrected chi connectivity index (χ4v) is 2.28. The number of ether oxygens (including phenoxy) is 1. The predicted molar refractivity (Wildman–Crippen MR) is 63.9 cm³/mol. The summed E-state index contributed by atoms with van der Waals surface area (Å²) in [5, 5.41) is 0. The highest BCUT2D eigenvalue weighted by Gasteiger charge is 2.46. The summed E-state index contributed by atoms with van der Waals surface area (Å²) in [5.41, 5.74) is 6.11. The number of hydrogen-bond acceptors (Lipinski definition) is 3. The van der Waals surface area contributed by atoms with Crippen LogP contribution in [-0.4, -0.2) is 43.8 Å². The molecule has 1 saturated carbocycles. The van der Waals surface area contributed by atoms with Gasteiger partial charge in [-0.2, -0.15) is 0 Å². The van der Waals surface area contributed by atoms with Crippen LogP contribution in [0.2, 0.25) is 0 Å². The molecule has 0 spiro atoms. The van der Waals surface area contributed by atoms with Crippen LogP contribution in [0.4, 0.5) is 0 Å². The molecule has 1 aliphatic rings. The van der Waals surface area contributed by atoms with Gasteiger partial charge in [0.25, 0.3) is 0 Å². The molecule has 0 bridgehead atoms. The Hall–Kier alpha value is -0.120. The number of nitrogens with zero attached hydrogens (tertiary/aromatic N) is 1. The van der Waals surface area contributed by atoms with Gasteiger partial charge < -0.3 is 10.5 Å². The topological polar surface area (TPSA) is 38.5 Å². The van der Waals surface area contributed by atoms with Crippen LogP contribution in [0.3, 0.4) is 0 Å². The van der Waals surface area contributed by atoms with Gasteiger partial charge in [0.2, 0.25) is 0 Å². The fourth-order valence-electron chi connectivity index (χ4n) is 2.28. The van der Waals surface area contributed by atoms with Crippen LogP contribution in [0, 0.1) is 5.92 Å². The molecular formula is C12H26N2O. The summed E-state index contributed by atoms with van der Waals surface area (Å²) in [6, 6.07) is 0. The van der Waals surface area contributed by atoms with E-state index in [-0.39, 0.29) is 5.54 Å². The van der Waals surface area contributed by atoms with E-state index in [1.165, 1.54) is 6.42 Å². The van der Waals surface area contributed by atoms with Crippen LogP contribution >= 0.6 is 0 Å². The predicted octanol–water partition coefficient (Wildman–Crippen LogP) is 1.47. The third-order valence-corrected chi connectivity index (χ3v) is 3.78. The molecule has 3 heteroatoms. The summed E-state index contributed by atoms with van der Waals surface area (Å²) in [6.07, 6.45) is 3.86. The Labute approximate surface area is 94.0 Å². The average Bonchev–Trinajstić information content (AvgIpc) is 2.14. The monoisotopic (exact) mass is 214 g/mol. The lowest BCUT2D eigenvalue weighted by molar-refractivity contribution is -0.0790. The minimum atomic E-state index is 0.218. The molecule has 0 atom stereocenters. The largest absolute Gasteiger partial charge is 0.381 e. The number of likely N-dealkylation sites (N-methyl/N-ethyl adjacent to an activating group) is 1. The molecule has 0 aromatic carbocycles. The summed E-state index contributed by atoms with van der Waals surface area (Å²) < 4.78 is 5.34. The molecule has 0 saturated heterocycles. The van der Waals surface area contributed by atoms with Gasteiger partial charge >= 0.3 is 0 Å². The summed E-state index contributed by atoms with van der Waals surface area (Å²) >= 11 is 0. The second kappa shape index (κ2) is 5.28. The van der Waals surface area contributed by atoms with Crippen LogP contribution in [0.25, 0.3) is 0 Å². The van der Waals surface area contributed by atoms with Gasteiger partial charge in [0, 0.05) is 19.2 Å². The molecule has 0 amide bonds. The minimum Gasteiger partial charge on any atom is -0.381 e. The molecular weight excluding hydrogens is 188 g/mol. The second-order valence-corrected chi connectivity index (χ2v) is 5.30. The van der Waals surface area contributed by atoms with E-state index >= 15 is 0 Å². The summed E-state index contributed by atoms with van der Waals surface area (Å²) in [4.78, 5) is 2.43. The third kappa shape index (κ3) is 2.92. The van der Waals surface area contributed by atoms with E-state index in [0.29, 0.717) is 6.10 Å². The SMILES string of the molecule is COC1CC(CN)(N(C)CCC(C)C)C1. The Balaban J connectivity index is 2.39. The Bertz CT molecular complexity index is 188. The molecule has 15 heavy (non-hydrogen) atoms. The van der Waals surface area contributed by atoms with Crippen molar-refractivity contribution in [1.82, 2.24) is 4.90 Å². The Morgan fingerprint density at radius 3 is 2.47 bits per heavy atom. The first-order chi connectivity index (χ1) is 7.04. The van der Waals surface area contributed by atoms with Gasteiger partial charge in [-0.15, -0.1) is 0 Å². The van der Waals surface area contributed by atoms with Gasteiger partial charge in [0.15, 0.2) is 0 Å². The van der Waals surface area contributed by atoms with Gasteiger partial charge in [-0.05, 0) is 38.8 Å². The number of nitrogens with two attached hydrogens (primary N) is 1. The third-order valence-electron chi connectivity index (χ3n) is 3.78. The summed E-state index contributed by atoms with van der Waals surface area (Å²) in [7, 11) is 3.99. The van der Waals surface area contributed by atoms with Crippen LogP contribution in [0.1, 0.15) is 33.1 Å². The smallest absolute Gasteiger partial charge is 0.0607 e. The maximum absolute atomic E-state index is 5.90. The van der Waals surface area contributed by atoms with E-state index in [2.05, 4.69) is 25.8 Å². The van der Waals surface area contributed by atoms with Gasteiger partial charge in [-0.25, -0.2) is 0 Å². The molecule has 0 radical (unpaired) electrons. The molecule has 0 aliphatic heterocycles. The first-order valence-electron chi connectivity index (χ1n) is 5.98. The number of methoxy groups -OCH3 is 1. The summed E-state index contributed by atoms with van der Waals surface area (Å²) in [5.74, 6) is 0.764. The van der Waals surface area contributed by atoms with Crippen molar-refractivity contribution >= 4 is 0 Å². The molecule has 0 heterocycles. The van der Waals surface area contributed by atoms with Crippen molar-refractivity contribution in [2.45, 2.75) is 44.8 Å². The lowest BCUT2D eigenvalue weighted by atomic mass is 9.73. The maximum Gasteiger partial charge on any atom is 0.0607 e. The highest BCUT2D eigenvalue weighted by Crippen LogP contribution is 2.38. The maximum atomic E-state index is 5.90. The van der Waals surface area contributed by atoms with Crippen LogP contribution in [0.5, 0.6) is 0 Å². The van der Waals surface area contributed by atoms with E-state index in [1.54, 1.807) is 7.11 Å². The van der Waals surface area contributed by atoms with Crippen molar-refractivity contribution in [2.75, 3.05) is 27.2 Å². The van der Waals surface area contributed by atoms with Crippen LogP contribution < -0.4 is 5.73 Å². The lowest BCUT2D eigenvalue weighted by Gasteiger charge is -2.52. The van der Waals surface area contributed by atoms with Gasteiger partial charge in [0.1, 0.15) is 0 Å². The van der Waals surface area contributed by atoms with Gasteiger partial charge in [0.05, 0.1) is 6.10 Å². The molecule has 0 unspecified atom stereocenters. The Morgan fingerprint density at radius 2 is 2.07 bits per heavy atom. The average molecular weight is 214 g/mol. The molecule has 3 nitrogen and oxygen atoms in total. The number of rotatable bonds is 6. The zero-order valence-electron chi connectivity index (χ0n) is 10.6. The van der Waals surface area contributed by atoms with Crippen molar-refractivity contribution in [3.8, 4) is 0 Å². The van der Waals surface area contributed by atoms with Crippen molar-refractivity contribution in [1.29, 1.82) is 0 Å². The lowest BCUT2D eigenvalue weighted by Crippen LogP contribution is -2.62. The van der Waals surface area contributed by atoms with Gasteiger partial charge in [-0.1, -0.05) is 13.8 Å². The van der Waals surface area contributed by atoms with Crippen molar-refractivity contribution in [3.63, 3.8) is 0 Å². The fraction of sp³-hybridized carbons (Fsp3) is 1.00. The van der Waals surface area contributed by atoms with E-state index < -0.39 is 0 Å². The van der Waals surface area contributed by atoms with Crippen molar-refractivity contribution in [3.05, 3.63) is 0 Å². The Morgan fingerprint density at radius 1 is 1.47 bits per heavy atom. The zero-order valence-corrected chi connectivity index (χ0v) is 10.6. The van der Waals surface area contributed by atoms with E-state index in [9.17, 15) is 0 Å². The van der Waals surface area contributed by atoms with Crippen LogP contribution in [-0.2, 0) is 4.74 Å². The van der Waals surface area contributed by atoms with E-state index in [0.717, 1.165) is 31.8 Å². The zero-order chi connectivity index (χ0) is 11.5. The molecule has 1 rings (SSSR count). The molecule has 1 aliphatic carbocycles. The molecule has 0 aromatic rings. The highest BCUT2D eigenvalue weighted by atomic mass is 16.5. The number of hydrogen-bond donors (Lipinski definition) is 1. The molecule has 2 N–H and O–H groups in total. The van der Waals surface area contributed by atoms with Crippen molar-refractivity contribution < 1.29 is 4.74 Å². The van der Waals surface area contributed by atoms with E-state index in [4.69, 9.17) is 10.5 Å². The minimum absolute atomic E-state index is 0.218.